The average molecular weight is 471 g/mol. The van der Waals surface area contributed by atoms with E-state index in [1.807, 2.05) is 27.7 Å². The topological polar surface area (TPSA) is 97.7 Å². The number of esters is 1. The van der Waals surface area contributed by atoms with E-state index in [2.05, 4.69) is 13.5 Å². The number of rotatable bonds is 4. The fourth-order valence-corrected chi connectivity index (χ4v) is 8.18. The summed E-state index contributed by atoms with van der Waals surface area (Å²) in [4.78, 5) is 52.2. The number of Topliss-reactive ketones (excluding diaryl/α,β-unsaturated/α-hetero) is 3. The highest BCUT2D eigenvalue weighted by Crippen LogP contribution is 2.70. The van der Waals surface area contributed by atoms with Crippen molar-refractivity contribution in [2.75, 3.05) is 7.11 Å². The van der Waals surface area contributed by atoms with Gasteiger partial charge in [-0.3, -0.25) is 19.2 Å². The van der Waals surface area contributed by atoms with Gasteiger partial charge < -0.3 is 9.84 Å². The van der Waals surface area contributed by atoms with Crippen molar-refractivity contribution in [1.29, 1.82) is 0 Å². The van der Waals surface area contributed by atoms with Gasteiger partial charge in [-0.15, -0.1) is 0 Å². The number of aliphatic hydroxyl groups excluding tert-OH is 1. The highest BCUT2D eigenvalue weighted by molar-refractivity contribution is 6.05. The smallest absolute Gasteiger partial charge is 0.305 e. The van der Waals surface area contributed by atoms with Gasteiger partial charge in [0, 0.05) is 42.1 Å². The maximum atomic E-state index is 13.9. The number of methoxy groups -OCH3 is 1. The molecule has 0 heterocycles. The fraction of sp³-hybridized carbons (Fsp3) is 0.714. The van der Waals surface area contributed by atoms with Gasteiger partial charge in [-0.05, 0) is 49.0 Å². The first-order valence-corrected chi connectivity index (χ1v) is 12.4. The van der Waals surface area contributed by atoms with Crippen LogP contribution < -0.4 is 0 Å². The van der Waals surface area contributed by atoms with Gasteiger partial charge in [0.25, 0.3) is 0 Å². The van der Waals surface area contributed by atoms with Crippen LogP contribution in [-0.2, 0) is 23.9 Å². The Balaban J connectivity index is 1.83. The number of hydrogen-bond donors (Lipinski definition) is 1. The molecule has 0 bridgehead atoms. The van der Waals surface area contributed by atoms with Crippen LogP contribution in [0.15, 0.2) is 23.3 Å². The van der Waals surface area contributed by atoms with E-state index < -0.39 is 27.8 Å². The first-order valence-electron chi connectivity index (χ1n) is 12.4. The lowest BCUT2D eigenvalue weighted by molar-refractivity contribution is -0.146. The molecule has 4 aliphatic rings. The molecular formula is C28H38O6. The van der Waals surface area contributed by atoms with Gasteiger partial charge in [0.1, 0.15) is 11.6 Å². The van der Waals surface area contributed by atoms with Crippen molar-refractivity contribution in [2.24, 2.45) is 33.5 Å². The van der Waals surface area contributed by atoms with Gasteiger partial charge in [-0.25, -0.2) is 0 Å². The molecule has 4 aliphatic carbocycles. The zero-order valence-corrected chi connectivity index (χ0v) is 21.4. The highest BCUT2D eigenvalue weighted by atomic mass is 16.5. The van der Waals surface area contributed by atoms with Gasteiger partial charge in [-0.2, -0.15) is 0 Å². The maximum absolute atomic E-state index is 13.9. The third kappa shape index (κ3) is 3.03. The molecule has 4 rings (SSSR count). The van der Waals surface area contributed by atoms with E-state index in [9.17, 15) is 24.3 Å². The summed E-state index contributed by atoms with van der Waals surface area (Å²) in [6, 6.07) is 0. The van der Waals surface area contributed by atoms with Gasteiger partial charge in [0.15, 0.2) is 5.78 Å². The van der Waals surface area contributed by atoms with Crippen LogP contribution >= 0.6 is 0 Å². The molecule has 6 heteroatoms. The Morgan fingerprint density at radius 3 is 2.35 bits per heavy atom. The van der Waals surface area contributed by atoms with Gasteiger partial charge >= 0.3 is 5.97 Å². The van der Waals surface area contributed by atoms with E-state index in [0.717, 1.165) is 5.57 Å². The second-order valence-electron chi connectivity index (χ2n) is 12.2. The maximum Gasteiger partial charge on any atom is 0.305 e. The molecule has 0 radical (unpaired) electrons. The minimum Gasteiger partial charge on any atom is -0.469 e. The number of carbonyl (C=O) groups is 4. The molecular weight excluding hydrogens is 432 g/mol. The van der Waals surface area contributed by atoms with Crippen LogP contribution in [-0.4, -0.2) is 41.6 Å². The zero-order valence-electron chi connectivity index (χ0n) is 21.4. The van der Waals surface area contributed by atoms with E-state index >= 15 is 0 Å². The molecule has 0 aliphatic heterocycles. The van der Waals surface area contributed by atoms with Crippen molar-refractivity contribution in [1.82, 2.24) is 0 Å². The molecule has 1 N–H and O–H groups in total. The van der Waals surface area contributed by atoms with E-state index in [-0.39, 0.29) is 54.4 Å². The molecule has 186 valence electrons. The molecule has 2 fully saturated rings. The Kier molecular flexibility index (Phi) is 5.67. The lowest BCUT2D eigenvalue weighted by Crippen LogP contribution is -2.59. The van der Waals surface area contributed by atoms with Crippen molar-refractivity contribution in [3.05, 3.63) is 23.3 Å². The second kappa shape index (κ2) is 7.71. The second-order valence-corrected chi connectivity index (χ2v) is 12.2. The summed E-state index contributed by atoms with van der Waals surface area (Å²) in [6.07, 6.45) is 1.40. The molecule has 0 aromatic heterocycles. The monoisotopic (exact) mass is 470 g/mol. The fourth-order valence-electron chi connectivity index (χ4n) is 8.18. The minimum absolute atomic E-state index is 0.0199. The van der Waals surface area contributed by atoms with Gasteiger partial charge in [0.2, 0.25) is 0 Å². The van der Waals surface area contributed by atoms with Crippen molar-refractivity contribution in [3.63, 3.8) is 0 Å². The van der Waals surface area contributed by atoms with Crippen LogP contribution in [0.3, 0.4) is 0 Å². The van der Waals surface area contributed by atoms with Crippen LogP contribution in [0.25, 0.3) is 0 Å². The SMILES string of the molecule is C=C(CCC(=O)OC)[C@H]1CC(=O)[C@@]2(C)C3=C(C(=O)C[C@]12C)[C@@]1(C)CCC(=O)C(C)(C)[C@H]1C[C@@H]3O. The van der Waals surface area contributed by atoms with Gasteiger partial charge in [-0.1, -0.05) is 39.8 Å². The third-order valence-electron chi connectivity index (χ3n) is 10.4. The molecule has 0 spiro atoms. The number of hydrogen-bond acceptors (Lipinski definition) is 6. The van der Waals surface area contributed by atoms with E-state index in [0.29, 0.717) is 36.8 Å². The Morgan fingerprint density at radius 2 is 1.74 bits per heavy atom. The number of allylic oxidation sites excluding steroid dienone is 2. The average Bonchev–Trinajstić information content (AvgIpc) is 2.97. The molecule has 6 atom stereocenters. The quantitative estimate of drug-likeness (QED) is 0.490. The molecule has 2 saturated carbocycles. The summed E-state index contributed by atoms with van der Waals surface area (Å²) < 4.78 is 4.76. The zero-order chi connectivity index (χ0) is 25.4. The summed E-state index contributed by atoms with van der Waals surface area (Å²) in [7, 11) is 1.34. The van der Waals surface area contributed by atoms with E-state index in [4.69, 9.17) is 4.74 Å². The predicted molar refractivity (Wildman–Crippen MR) is 127 cm³/mol. The van der Waals surface area contributed by atoms with Crippen LogP contribution in [0.2, 0.25) is 0 Å². The lowest BCUT2D eigenvalue weighted by Gasteiger charge is -2.60. The molecule has 0 unspecified atom stereocenters. The molecule has 6 nitrogen and oxygen atoms in total. The van der Waals surface area contributed by atoms with Gasteiger partial charge in [0.05, 0.1) is 18.6 Å². The summed E-state index contributed by atoms with van der Waals surface area (Å²) >= 11 is 0. The normalized spacial score (nSPS) is 41.0. The Labute approximate surface area is 202 Å². The molecule has 0 amide bonds. The predicted octanol–water partition coefficient (Wildman–Crippen LogP) is 4.14. The van der Waals surface area contributed by atoms with E-state index in [1.54, 1.807) is 0 Å². The standard InChI is InChI=1S/C28H38O6/c1-15(8-9-22(33)34-7)16-12-21(32)28(6)24-17(29)13-19-25(2,3)20(31)10-11-26(19,4)23(24)18(30)14-27(16,28)5/h16-17,19,29H,1,8-14H2,2-7H3/t16-,17+,19-,26+,27-,28+/m1/s1. The Morgan fingerprint density at radius 1 is 1.09 bits per heavy atom. The highest BCUT2D eigenvalue weighted by Gasteiger charge is 2.70. The summed E-state index contributed by atoms with van der Waals surface area (Å²) in [5.74, 6) is -0.578. The Hall–Kier alpha value is -2.08. The number of ether oxygens (including phenoxy) is 1. The van der Waals surface area contributed by atoms with Crippen LogP contribution in [0.4, 0.5) is 0 Å². The van der Waals surface area contributed by atoms with Crippen molar-refractivity contribution in [3.8, 4) is 0 Å². The molecule has 34 heavy (non-hydrogen) atoms. The Bertz CT molecular complexity index is 1030. The summed E-state index contributed by atoms with van der Waals surface area (Å²) in [6.45, 7) is 14.0. The number of fused-ring (bicyclic) bond motifs is 4. The summed E-state index contributed by atoms with van der Waals surface area (Å²) in [5.41, 5.74) is -0.937. The largest absolute Gasteiger partial charge is 0.469 e. The first-order chi connectivity index (χ1) is 15.7. The summed E-state index contributed by atoms with van der Waals surface area (Å²) in [5, 5.41) is 11.5. The number of ketones is 3. The minimum atomic E-state index is -0.992. The molecule has 0 saturated heterocycles. The van der Waals surface area contributed by atoms with Crippen molar-refractivity contribution >= 4 is 23.3 Å². The van der Waals surface area contributed by atoms with Crippen LogP contribution in [0, 0.1) is 33.5 Å². The molecule has 0 aromatic rings. The van der Waals surface area contributed by atoms with E-state index in [1.165, 1.54) is 7.11 Å². The van der Waals surface area contributed by atoms with Crippen LogP contribution in [0.1, 0.15) is 79.6 Å². The number of aliphatic hydroxyl groups is 1. The van der Waals surface area contributed by atoms with Crippen molar-refractivity contribution in [2.45, 2.75) is 85.7 Å². The van der Waals surface area contributed by atoms with Crippen molar-refractivity contribution < 1.29 is 29.0 Å². The first kappa shape index (κ1) is 25.0. The van der Waals surface area contributed by atoms with Crippen LogP contribution in [0.5, 0.6) is 0 Å². The molecule has 0 aromatic carbocycles. The lowest BCUT2D eigenvalue weighted by atomic mass is 9.42. The third-order valence-corrected chi connectivity index (χ3v) is 10.4. The number of carbonyl (C=O) groups excluding carboxylic acids is 4.